The molecule has 1 aromatic carbocycles. The lowest BCUT2D eigenvalue weighted by atomic mass is 10.2. The van der Waals surface area contributed by atoms with Crippen LogP contribution in [-0.2, 0) is 38.1 Å². The van der Waals surface area contributed by atoms with Crippen molar-refractivity contribution in [2.45, 2.75) is 32.2 Å². The number of anilines is 2. The highest BCUT2D eigenvalue weighted by Crippen LogP contribution is 2.66. The van der Waals surface area contributed by atoms with Crippen molar-refractivity contribution in [1.82, 2.24) is 9.97 Å². The Morgan fingerprint density at radius 3 is 2.27 bits per heavy atom. The molecular weight excluding hydrogens is 559 g/mol. The summed E-state index contributed by atoms with van der Waals surface area (Å²) in [6.45, 7) is 4.29. The van der Waals surface area contributed by atoms with Gasteiger partial charge in [0, 0.05) is 13.0 Å². The number of aromatic nitrogens is 2. The number of aliphatic hydroxyl groups excluding tert-OH is 1. The summed E-state index contributed by atoms with van der Waals surface area (Å²) in [5.41, 5.74) is 1.16. The largest absolute Gasteiger partial charge is 0.490 e. The second kappa shape index (κ2) is 13.6. The first kappa shape index (κ1) is 31.1. The number of rotatable bonds is 16. The van der Waals surface area contributed by atoms with Crippen molar-refractivity contribution < 1.29 is 56.3 Å². The molecule has 0 radical (unpaired) electrons. The van der Waals surface area contributed by atoms with Crippen molar-refractivity contribution in [1.29, 1.82) is 0 Å². The van der Waals surface area contributed by atoms with E-state index in [4.69, 9.17) is 14.5 Å². The number of phosphoric ester groups is 1. The third-order valence-electron chi connectivity index (χ3n) is 4.04. The Kier molecular flexibility index (Phi) is 11.5. The Balaban J connectivity index is 2.06. The molecular formula is C17H26N5O12P3. The third-order valence-corrected chi connectivity index (χ3v) is 7.80. The zero-order chi connectivity index (χ0) is 27.7. The van der Waals surface area contributed by atoms with Gasteiger partial charge >= 0.3 is 23.5 Å². The topological polar surface area (TPSA) is 251 Å². The first-order chi connectivity index (χ1) is 17.2. The molecule has 0 saturated carbocycles. The molecule has 4 unspecified atom stereocenters. The fourth-order valence-corrected chi connectivity index (χ4v) is 5.55. The first-order valence-corrected chi connectivity index (χ1v) is 14.7. The lowest BCUT2D eigenvalue weighted by molar-refractivity contribution is -0.0494. The number of ether oxygens (including phenoxy) is 1. The van der Waals surface area contributed by atoms with Crippen LogP contribution in [0.4, 0.5) is 17.3 Å². The van der Waals surface area contributed by atoms with Gasteiger partial charge in [-0.2, -0.15) is 8.62 Å². The molecule has 0 aliphatic carbocycles. The molecule has 0 aliphatic rings. The van der Waals surface area contributed by atoms with Crippen LogP contribution in [0.3, 0.4) is 0 Å². The number of nitrogens with zero attached hydrogens (tertiary/aromatic N) is 3. The summed E-state index contributed by atoms with van der Waals surface area (Å²) in [4.78, 5) is 48.0. The van der Waals surface area contributed by atoms with Crippen LogP contribution < -0.4 is 10.6 Å². The molecule has 2 aromatic rings. The maximum atomic E-state index is 11.9. The normalized spacial score (nSPS) is 16.7. The van der Waals surface area contributed by atoms with E-state index in [0.29, 0.717) is 12.4 Å². The Morgan fingerprint density at radius 2 is 1.68 bits per heavy atom. The van der Waals surface area contributed by atoms with Crippen LogP contribution in [0.2, 0.25) is 0 Å². The molecule has 0 spiro atoms. The van der Waals surface area contributed by atoms with E-state index in [1.165, 1.54) is 13.3 Å². The highest BCUT2D eigenvalue weighted by molar-refractivity contribution is 7.66. The highest BCUT2D eigenvalue weighted by Gasteiger charge is 2.40. The fourth-order valence-electron chi connectivity index (χ4n) is 2.66. The summed E-state index contributed by atoms with van der Waals surface area (Å²) < 4.78 is 50.8. The van der Waals surface area contributed by atoms with Gasteiger partial charge in [-0.05, 0) is 19.2 Å². The maximum Gasteiger partial charge on any atom is 0.490 e. The molecule has 37 heavy (non-hydrogen) atoms. The van der Waals surface area contributed by atoms with E-state index in [1.807, 2.05) is 30.3 Å². The summed E-state index contributed by atoms with van der Waals surface area (Å²) in [5.74, 6) is 0.435. The smallest absolute Gasteiger partial charge is 0.393 e. The van der Waals surface area contributed by atoms with E-state index in [0.717, 1.165) is 5.56 Å². The molecule has 2 rings (SSSR count). The van der Waals surface area contributed by atoms with Crippen LogP contribution in [0.15, 0.2) is 41.7 Å². The number of aliphatic hydroxyl groups is 1. The number of aliphatic imine (C=N–C) groups is 1. The Labute approximate surface area is 211 Å². The molecule has 0 fully saturated rings. The lowest BCUT2D eigenvalue weighted by Crippen LogP contribution is -2.28. The van der Waals surface area contributed by atoms with Gasteiger partial charge in [-0.15, -0.1) is 0 Å². The van der Waals surface area contributed by atoms with Gasteiger partial charge in [-0.1, -0.05) is 30.3 Å². The molecule has 0 aliphatic heterocycles. The first-order valence-electron chi connectivity index (χ1n) is 10.1. The number of phosphoric acid groups is 3. The summed E-state index contributed by atoms with van der Waals surface area (Å²) >= 11 is 0. The van der Waals surface area contributed by atoms with Gasteiger partial charge in [-0.3, -0.25) is 9.52 Å². The standard InChI is InChI=1S/C17H26N5O12P3/c1-12(23)8-14(31-11-32-36(27,28)34-37(29,30)33-35(24,25)26)22-17-15(18-2)16(20-10-21-17)19-9-13-6-4-3-5-7-13/h3-7,10,12,14,23H,2,8-9,11H2,1H3,(H,27,28)(H,29,30)(H2,24,25,26)(H2,19,20,21,22). The zero-order valence-electron chi connectivity index (χ0n) is 19.2. The molecule has 17 nitrogen and oxygen atoms in total. The average molecular weight is 585 g/mol. The molecule has 1 heterocycles. The number of hydrogen-bond acceptors (Lipinski definition) is 13. The molecule has 0 bridgehead atoms. The quantitative estimate of drug-likeness (QED) is 0.0847. The zero-order valence-corrected chi connectivity index (χ0v) is 21.9. The maximum absolute atomic E-state index is 11.9. The lowest BCUT2D eigenvalue weighted by Gasteiger charge is -2.23. The molecule has 20 heteroatoms. The van der Waals surface area contributed by atoms with Crippen molar-refractivity contribution in [2.24, 2.45) is 4.99 Å². The molecule has 206 valence electrons. The van der Waals surface area contributed by atoms with Crippen LogP contribution >= 0.6 is 23.5 Å². The molecule has 0 amide bonds. The molecule has 7 N–H and O–H groups in total. The third kappa shape index (κ3) is 11.9. The molecule has 0 saturated heterocycles. The van der Waals surface area contributed by atoms with Crippen molar-refractivity contribution in [3.05, 3.63) is 42.2 Å². The minimum atomic E-state index is -5.68. The predicted octanol–water partition coefficient (Wildman–Crippen LogP) is 2.25. The Morgan fingerprint density at radius 1 is 1.03 bits per heavy atom. The predicted molar refractivity (Wildman–Crippen MR) is 130 cm³/mol. The molecule has 4 atom stereocenters. The summed E-state index contributed by atoms with van der Waals surface area (Å²) in [7, 11) is -16.6. The highest BCUT2D eigenvalue weighted by atomic mass is 31.3. The van der Waals surface area contributed by atoms with E-state index in [1.54, 1.807) is 0 Å². The van der Waals surface area contributed by atoms with Gasteiger partial charge in [0.15, 0.2) is 18.4 Å². The van der Waals surface area contributed by atoms with E-state index < -0.39 is 42.6 Å². The number of hydrogen-bond donors (Lipinski definition) is 7. The van der Waals surface area contributed by atoms with Crippen molar-refractivity contribution in [3.8, 4) is 0 Å². The van der Waals surface area contributed by atoms with Crippen molar-refractivity contribution >= 4 is 47.5 Å². The summed E-state index contributed by atoms with van der Waals surface area (Å²) in [6, 6.07) is 9.42. The van der Waals surface area contributed by atoms with Gasteiger partial charge in [0.1, 0.15) is 18.2 Å². The van der Waals surface area contributed by atoms with E-state index in [9.17, 15) is 28.6 Å². The number of nitrogens with one attached hydrogen (secondary N) is 2. The van der Waals surface area contributed by atoms with E-state index in [2.05, 4.69) is 45.5 Å². The van der Waals surface area contributed by atoms with Gasteiger partial charge in [0.2, 0.25) is 0 Å². The monoisotopic (exact) mass is 585 g/mol. The average Bonchev–Trinajstić information content (AvgIpc) is 2.75. The van der Waals surface area contributed by atoms with E-state index >= 15 is 0 Å². The molecule has 1 aromatic heterocycles. The van der Waals surface area contributed by atoms with Gasteiger partial charge < -0.3 is 40.1 Å². The SMILES string of the molecule is C=Nc1c(NCc2ccccc2)ncnc1NC(CC(C)O)OCOP(=O)(O)OP(=O)(O)OP(=O)(O)O. The Hall–Kier alpha value is -2.10. The van der Waals surface area contributed by atoms with Crippen LogP contribution in [0.5, 0.6) is 0 Å². The van der Waals surface area contributed by atoms with Crippen LogP contribution in [0.1, 0.15) is 18.9 Å². The van der Waals surface area contributed by atoms with Gasteiger partial charge in [-0.25, -0.2) is 23.7 Å². The minimum Gasteiger partial charge on any atom is -0.393 e. The van der Waals surface area contributed by atoms with Crippen LogP contribution in [0, 0.1) is 0 Å². The van der Waals surface area contributed by atoms with Crippen LogP contribution in [0.25, 0.3) is 0 Å². The number of benzene rings is 1. The summed E-state index contributed by atoms with van der Waals surface area (Å²) in [5, 5.41) is 15.7. The van der Waals surface area contributed by atoms with Gasteiger partial charge in [0.25, 0.3) is 0 Å². The van der Waals surface area contributed by atoms with Gasteiger partial charge in [0.05, 0.1) is 6.10 Å². The fraction of sp³-hybridized carbons (Fsp3) is 0.353. The summed E-state index contributed by atoms with van der Waals surface area (Å²) in [6.07, 6.45) is -0.950. The Bertz CT molecular complexity index is 1180. The minimum absolute atomic E-state index is 0.104. The van der Waals surface area contributed by atoms with E-state index in [-0.39, 0.29) is 17.9 Å². The second-order valence-electron chi connectivity index (χ2n) is 7.14. The van der Waals surface area contributed by atoms with Crippen LogP contribution in [-0.4, -0.2) is 60.5 Å². The van der Waals surface area contributed by atoms with Crippen molar-refractivity contribution in [3.63, 3.8) is 0 Å². The van der Waals surface area contributed by atoms with Crippen molar-refractivity contribution in [2.75, 3.05) is 17.4 Å². The second-order valence-corrected chi connectivity index (χ2v) is 11.6.